The average Bonchev–Trinajstić information content (AvgIpc) is 3.07. The summed E-state index contributed by atoms with van der Waals surface area (Å²) in [6, 6.07) is 2.18. The monoisotopic (exact) mass is 416 g/mol. The fraction of sp³-hybridized carbons (Fsp3) is 0.625. The van der Waals surface area contributed by atoms with Gasteiger partial charge in [0, 0.05) is 34.9 Å². The van der Waals surface area contributed by atoms with Crippen LogP contribution in [-0.4, -0.2) is 48.7 Å². The maximum Gasteiger partial charge on any atom is 0.407 e. The minimum Gasteiger partial charge on any atom is -0.444 e. The van der Waals surface area contributed by atoms with E-state index < -0.39 is 5.60 Å². The molecule has 1 aliphatic heterocycles. The third kappa shape index (κ3) is 5.98. The maximum absolute atomic E-state index is 11.9. The first-order valence-corrected chi connectivity index (χ1v) is 9.62. The highest BCUT2D eigenvalue weighted by molar-refractivity contribution is 9.10. The molecular weight excluding hydrogens is 392 g/mol. The van der Waals surface area contributed by atoms with Gasteiger partial charge in [-0.25, -0.2) is 4.79 Å². The number of amides is 1. The van der Waals surface area contributed by atoms with Crippen molar-refractivity contribution in [3.05, 3.63) is 20.8 Å². The van der Waals surface area contributed by atoms with E-state index >= 15 is 0 Å². The summed E-state index contributed by atoms with van der Waals surface area (Å²) in [6.07, 6.45) is 0.519. The number of rotatable bonds is 3. The number of carbonyl (C=O) groups excluding carboxylic acids is 1. The van der Waals surface area contributed by atoms with Crippen LogP contribution >= 0.6 is 27.3 Å². The number of hydrogen-bond acceptors (Lipinski definition) is 4. The number of nitrogens with one attached hydrogen (secondary N) is 2. The normalized spacial score (nSPS) is 18.6. The topological polar surface area (TPSA) is 66.0 Å². The zero-order valence-electron chi connectivity index (χ0n) is 14.6. The van der Waals surface area contributed by atoms with Crippen molar-refractivity contribution < 1.29 is 9.53 Å². The van der Waals surface area contributed by atoms with Gasteiger partial charge in [0.25, 0.3) is 0 Å². The predicted octanol–water partition coefficient (Wildman–Crippen LogP) is 3.19. The van der Waals surface area contributed by atoms with Gasteiger partial charge in [-0.2, -0.15) is 0 Å². The Hall–Kier alpha value is -1.28. The Morgan fingerprint density at radius 2 is 2.29 bits per heavy atom. The molecule has 0 bridgehead atoms. The number of ether oxygens (including phenoxy) is 1. The van der Waals surface area contributed by atoms with Crippen molar-refractivity contribution in [2.75, 3.05) is 20.1 Å². The lowest BCUT2D eigenvalue weighted by Gasteiger charge is -2.23. The third-order valence-corrected chi connectivity index (χ3v) is 5.16. The van der Waals surface area contributed by atoms with Gasteiger partial charge in [0.05, 0.1) is 12.6 Å². The lowest BCUT2D eigenvalue weighted by atomic mass is 10.2. The Kier molecular flexibility index (Phi) is 6.51. The summed E-state index contributed by atoms with van der Waals surface area (Å²) in [7, 11) is 1.78. The Labute approximate surface area is 155 Å². The van der Waals surface area contributed by atoms with Crippen molar-refractivity contribution in [2.45, 2.75) is 45.4 Å². The highest BCUT2D eigenvalue weighted by Crippen LogP contribution is 2.19. The molecule has 1 saturated heterocycles. The van der Waals surface area contributed by atoms with E-state index in [0.29, 0.717) is 0 Å². The number of carbonyl (C=O) groups is 1. The summed E-state index contributed by atoms with van der Waals surface area (Å²) in [5.74, 6) is 0.855. The number of nitrogens with zero attached hydrogens (tertiary/aromatic N) is 2. The van der Waals surface area contributed by atoms with Crippen LogP contribution in [0.2, 0.25) is 0 Å². The maximum atomic E-state index is 11.9. The third-order valence-electron chi connectivity index (χ3n) is 3.46. The van der Waals surface area contributed by atoms with E-state index in [0.717, 1.165) is 36.5 Å². The molecule has 2 rings (SSSR count). The Balaban J connectivity index is 1.81. The SMILES string of the molecule is CN=C(NCc1cc(Br)cs1)N1CCC(NC(=O)OC(C)(C)C)C1. The van der Waals surface area contributed by atoms with Gasteiger partial charge in [-0.3, -0.25) is 4.99 Å². The molecule has 0 radical (unpaired) electrons. The van der Waals surface area contributed by atoms with E-state index in [1.807, 2.05) is 20.8 Å². The second-order valence-corrected chi connectivity index (χ2v) is 8.62. The van der Waals surface area contributed by atoms with Gasteiger partial charge in [-0.1, -0.05) is 0 Å². The molecule has 1 aliphatic rings. The van der Waals surface area contributed by atoms with E-state index in [2.05, 4.69) is 47.9 Å². The van der Waals surface area contributed by atoms with Gasteiger partial charge in [-0.15, -0.1) is 11.3 Å². The molecule has 134 valence electrons. The van der Waals surface area contributed by atoms with Crippen LogP contribution < -0.4 is 10.6 Å². The molecule has 1 atom stereocenters. The van der Waals surface area contributed by atoms with Crippen molar-refractivity contribution in [1.82, 2.24) is 15.5 Å². The van der Waals surface area contributed by atoms with Crippen molar-refractivity contribution in [1.29, 1.82) is 0 Å². The quantitative estimate of drug-likeness (QED) is 0.586. The molecule has 0 aliphatic carbocycles. The summed E-state index contributed by atoms with van der Waals surface area (Å²) in [5.41, 5.74) is -0.477. The molecule has 0 aromatic carbocycles. The lowest BCUT2D eigenvalue weighted by Crippen LogP contribution is -2.44. The minimum absolute atomic E-state index is 0.0780. The van der Waals surface area contributed by atoms with Crippen LogP contribution in [0.15, 0.2) is 20.9 Å². The van der Waals surface area contributed by atoms with Crippen molar-refractivity contribution >= 4 is 39.3 Å². The van der Waals surface area contributed by atoms with Gasteiger partial charge >= 0.3 is 6.09 Å². The molecule has 0 spiro atoms. The van der Waals surface area contributed by atoms with Gasteiger partial charge in [0.2, 0.25) is 0 Å². The first kappa shape index (κ1) is 19.1. The van der Waals surface area contributed by atoms with E-state index in [1.165, 1.54) is 4.88 Å². The zero-order valence-corrected chi connectivity index (χ0v) is 17.0. The molecule has 1 fully saturated rings. The summed E-state index contributed by atoms with van der Waals surface area (Å²) in [5, 5.41) is 8.37. The van der Waals surface area contributed by atoms with E-state index in [1.54, 1.807) is 18.4 Å². The van der Waals surface area contributed by atoms with E-state index in [-0.39, 0.29) is 12.1 Å². The highest BCUT2D eigenvalue weighted by Gasteiger charge is 2.27. The first-order valence-electron chi connectivity index (χ1n) is 7.95. The summed E-state index contributed by atoms with van der Waals surface area (Å²) in [6.45, 7) is 7.91. The minimum atomic E-state index is -0.477. The fourth-order valence-electron chi connectivity index (χ4n) is 2.49. The molecule has 6 nitrogen and oxygen atoms in total. The number of halogens is 1. The number of hydrogen-bond donors (Lipinski definition) is 2. The molecule has 1 aromatic heterocycles. The molecule has 1 unspecified atom stereocenters. The smallest absolute Gasteiger partial charge is 0.407 e. The summed E-state index contributed by atoms with van der Waals surface area (Å²) < 4.78 is 6.41. The molecule has 0 saturated carbocycles. The van der Waals surface area contributed by atoms with Crippen LogP contribution in [0.5, 0.6) is 0 Å². The number of aliphatic imine (C=N–C) groups is 1. The fourth-order valence-corrected chi connectivity index (χ4v) is 3.88. The highest BCUT2D eigenvalue weighted by atomic mass is 79.9. The van der Waals surface area contributed by atoms with Crippen LogP contribution in [0, 0.1) is 0 Å². The van der Waals surface area contributed by atoms with Gasteiger partial charge in [0.1, 0.15) is 5.60 Å². The molecule has 24 heavy (non-hydrogen) atoms. The van der Waals surface area contributed by atoms with Crippen LogP contribution in [0.1, 0.15) is 32.1 Å². The summed E-state index contributed by atoms with van der Waals surface area (Å²) >= 11 is 5.17. The Morgan fingerprint density at radius 3 is 2.88 bits per heavy atom. The van der Waals surface area contributed by atoms with Crippen molar-refractivity contribution in [3.8, 4) is 0 Å². The van der Waals surface area contributed by atoms with Crippen LogP contribution in [0.4, 0.5) is 4.79 Å². The molecule has 2 N–H and O–H groups in total. The largest absolute Gasteiger partial charge is 0.444 e. The van der Waals surface area contributed by atoms with E-state index in [4.69, 9.17) is 4.74 Å². The second kappa shape index (κ2) is 8.20. The molecule has 8 heteroatoms. The first-order chi connectivity index (χ1) is 11.3. The Morgan fingerprint density at radius 1 is 1.54 bits per heavy atom. The van der Waals surface area contributed by atoms with Crippen molar-refractivity contribution in [2.24, 2.45) is 4.99 Å². The standard InChI is InChI=1S/C16H25BrN4O2S/c1-16(2,3)23-15(22)20-12-5-6-21(9-12)14(18-4)19-8-13-7-11(17)10-24-13/h7,10,12H,5-6,8-9H2,1-4H3,(H,18,19)(H,20,22). The van der Waals surface area contributed by atoms with Crippen molar-refractivity contribution in [3.63, 3.8) is 0 Å². The van der Waals surface area contributed by atoms with Gasteiger partial charge in [0.15, 0.2) is 5.96 Å². The number of likely N-dealkylation sites (tertiary alicyclic amines) is 1. The molecule has 1 amide bonds. The number of thiophene rings is 1. The van der Waals surface area contributed by atoms with Gasteiger partial charge in [-0.05, 0) is 49.2 Å². The second-order valence-electron chi connectivity index (χ2n) is 6.71. The summed E-state index contributed by atoms with van der Waals surface area (Å²) in [4.78, 5) is 19.6. The molecule has 2 heterocycles. The van der Waals surface area contributed by atoms with Crippen LogP contribution in [0.25, 0.3) is 0 Å². The zero-order chi connectivity index (χ0) is 17.7. The van der Waals surface area contributed by atoms with Gasteiger partial charge < -0.3 is 20.3 Å². The number of guanidine groups is 1. The van der Waals surface area contributed by atoms with Crippen LogP contribution in [0.3, 0.4) is 0 Å². The lowest BCUT2D eigenvalue weighted by molar-refractivity contribution is 0.0507. The van der Waals surface area contributed by atoms with E-state index in [9.17, 15) is 4.79 Å². The van der Waals surface area contributed by atoms with Crippen LogP contribution in [-0.2, 0) is 11.3 Å². The Bertz CT molecular complexity index is 597. The number of alkyl carbamates (subject to hydrolysis) is 1. The average molecular weight is 417 g/mol. The molecule has 1 aromatic rings. The molecular formula is C16H25BrN4O2S. The predicted molar refractivity (Wildman–Crippen MR) is 102 cm³/mol.